The van der Waals surface area contributed by atoms with Gasteiger partial charge in [0.05, 0.1) is 17.5 Å². The number of nitrogens with one attached hydrogen (secondary N) is 3. The number of hydrogen-bond donors (Lipinski definition) is 4. The lowest BCUT2D eigenvalue weighted by Gasteiger charge is -2.15. The summed E-state index contributed by atoms with van der Waals surface area (Å²) < 4.78 is 35.7. The molecule has 5 N–H and O–H groups in total. The zero-order valence-corrected chi connectivity index (χ0v) is 15.0. The number of carbonyl (C=O) groups is 1. The predicted molar refractivity (Wildman–Crippen MR) is 97.8 cm³/mol. The van der Waals surface area contributed by atoms with Crippen LogP contribution < -0.4 is 22.0 Å². The number of esters is 1. The van der Waals surface area contributed by atoms with Crippen LogP contribution in [0.5, 0.6) is 0 Å². The van der Waals surface area contributed by atoms with Gasteiger partial charge in [-0.2, -0.15) is 4.98 Å². The van der Waals surface area contributed by atoms with Crippen LogP contribution in [0.3, 0.4) is 0 Å². The summed E-state index contributed by atoms with van der Waals surface area (Å²) in [5, 5.41) is 5.73. The van der Waals surface area contributed by atoms with Gasteiger partial charge < -0.3 is 15.0 Å². The summed E-state index contributed by atoms with van der Waals surface area (Å²) in [6.07, 6.45) is 1.19. The second-order valence-corrected chi connectivity index (χ2v) is 5.62. The molecule has 0 aliphatic heterocycles. The summed E-state index contributed by atoms with van der Waals surface area (Å²) in [6.45, 7) is 3.55. The van der Waals surface area contributed by atoms with E-state index >= 15 is 4.39 Å². The van der Waals surface area contributed by atoms with Crippen molar-refractivity contribution in [3.8, 4) is 0 Å². The maximum absolute atomic E-state index is 15.1. The quantitative estimate of drug-likeness (QED) is 0.366. The summed E-state index contributed by atoms with van der Waals surface area (Å²) in [7, 11) is 0. The van der Waals surface area contributed by atoms with Crippen LogP contribution in [0.25, 0.3) is 10.9 Å². The van der Waals surface area contributed by atoms with E-state index in [1.165, 1.54) is 10.8 Å². The highest BCUT2D eigenvalue weighted by atomic mass is 19.1. The van der Waals surface area contributed by atoms with E-state index in [0.717, 1.165) is 6.07 Å². The van der Waals surface area contributed by atoms with Gasteiger partial charge in [0.2, 0.25) is 11.4 Å². The van der Waals surface area contributed by atoms with Crippen LogP contribution in [0.15, 0.2) is 17.1 Å². The molecule has 0 spiro atoms. The molecule has 0 radical (unpaired) electrons. The number of nitrogens with zero attached hydrogens (tertiary/aromatic N) is 3. The smallest absolute Gasteiger partial charge is 0.343 e. The third-order valence-corrected chi connectivity index (χ3v) is 3.89. The minimum absolute atomic E-state index is 0.00933. The number of halogens is 2. The van der Waals surface area contributed by atoms with E-state index in [1.807, 2.05) is 0 Å². The van der Waals surface area contributed by atoms with E-state index in [9.17, 15) is 14.0 Å². The summed E-state index contributed by atoms with van der Waals surface area (Å²) in [4.78, 5) is 28.3. The van der Waals surface area contributed by atoms with Crippen molar-refractivity contribution in [3.63, 3.8) is 0 Å². The summed E-state index contributed by atoms with van der Waals surface area (Å²) in [6, 6.07) is 0.853. The highest BCUT2D eigenvalue weighted by molar-refractivity contribution is 5.94. The van der Waals surface area contributed by atoms with Crippen LogP contribution in [0, 0.1) is 11.6 Å². The number of nitrogen functional groups attached to an aromatic ring is 1. The number of ether oxygens (including phenoxy) is 1. The Balaban J connectivity index is 2.12. The van der Waals surface area contributed by atoms with Crippen molar-refractivity contribution >= 4 is 34.5 Å². The maximum Gasteiger partial charge on any atom is 0.343 e. The first-order valence-corrected chi connectivity index (χ1v) is 8.29. The van der Waals surface area contributed by atoms with E-state index in [0.29, 0.717) is 0 Å². The lowest BCUT2D eigenvalue weighted by molar-refractivity contribution is 0.0524. The maximum atomic E-state index is 15.1. The topological polar surface area (TPSA) is 140 Å². The Morgan fingerprint density at radius 1 is 1.36 bits per heavy atom. The number of nitrogens with two attached hydrogens (primary N) is 1. The minimum Gasteiger partial charge on any atom is -0.462 e. The average Bonchev–Trinajstić information content (AvgIpc) is 3.07. The molecule has 28 heavy (non-hydrogen) atoms. The van der Waals surface area contributed by atoms with Gasteiger partial charge >= 0.3 is 5.97 Å². The Morgan fingerprint density at radius 3 is 2.71 bits per heavy atom. The molecule has 12 heteroatoms. The molecule has 2 aromatic heterocycles. The van der Waals surface area contributed by atoms with Gasteiger partial charge in [0, 0.05) is 12.7 Å². The van der Waals surface area contributed by atoms with Crippen LogP contribution in [0.1, 0.15) is 24.2 Å². The van der Waals surface area contributed by atoms with Gasteiger partial charge in [-0.05, 0) is 19.9 Å². The number of hydrazine groups is 1. The second kappa shape index (κ2) is 7.50. The summed E-state index contributed by atoms with van der Waals surface area (Å²) in [5.41, 5.74) is 8.26. The molecule has 0 aliphatic rings. The number of carbonyl (C=O) groups excluding carboxylic acids is 1. The Morgan fingerprint density at radius 2 is 2.11 bits per heavy atom. The molecule has 3 aromatic rings. The lowest BCUT2D eigenvalue weighted by Crippen LogP contribution is -2.22. The number of pyridine rings is 1. The molecule has 3 rings (SSSR count). The SMILES string of the molecule is CCOC(=O)c1cn(CC)c2c(F)c(NNc3n[nH]c(N)n3)c(F)cc2c1=O. The fourth-order valence-corrected chi connectivity index (χ4v) is 2.65. The number of H-pyrrole nitrogens is 1. The molecular weight excluding hydrogens is 376 g/mol. The first-order chi connectivity index (χ1) is 13.4. The van der Waals surface area contributed by atoms with Crippen LogP contribution in [0.4, 0.5) is 26.4 Å². The fraction of sp³-hybridized carbons (Fsp3) is 0.250. The van der Waals surface area contributed by atoms with Gasteiger partial charge in [0.15, 0.2) is 11.6 Å². The normalized spacial score (nSPS) is 10.9. The number of fused-ring (bicyclic) bond motifs is 1. The molecule has 1 aromatic carbocycles. The predicted octanol–water partition coefficient (Wildman–Crippen LogP) is 1.62. The Bertz CT molecular complexity index is 1110. The monoisotopic (exact) mass is 393 g/mol. The van der Waals surface area contributed by atoms with Crippen molar-refractivity contribution in [2.24, 2.45) is 0 Å². The van der Waals surface area contributed by atoms with E-state index < -0.39 is 28.7 Å². The van der Waals surface area contributed by atoms with Gasteiger partial charge in [-0.25, -0.2) is 18.7 Å². The first-order valence-electron chi connectivity index (χ1n) is 8.29. The molecule has 2 heterocycles. The molecule has 0 atom stereocenters. The zero-order chi connectivity index (χ0) is 20.4. The molecule has 0 saturated heterocycles. The largest absolute Gasteiger partial charge is 0.462 e. The molecule has 0 amide bonds. The van der Waals surface area contributed by atoms with Crippen LogP contribution >= 0.6 is 0 Å². The first kappa shape index (κ1) is 19.1. The van der Waals surface area contributed by atoms with Crippen molar-refractivity contribution < 1.29 is 18.3 Å². The van der Waals surface area contributed by atoms with Gasteiger partial charge in [-0.3, -0.25) is 15.6 Å². The Kier molecular flexibility index (Phi) is 5.11. The molecule has 10 nitrogen and oxygen atoms in total. The number of aryl methyl sites for hydroxylation is 1. The molecular formula is C16H17F2N7O3. The van der Waals surface area contributed by atoms with E-state index in [-0.39, 0.29) is 41.5 Å². The third kappa shape index (κ3) is 3.31. The van der Waals surface area contributed by atoms with Gasteiger partial charge in [0.25, 0.3) is 5.95 Å². The van der Waals surface area contributed by atoms with Crippen LogP contribution in [0.2, 0.25) is 0 Å². The van der Waals surface area contributed by atoms with E-state index in [2.05, 4.69) is 26.0 Å². The van der Waals surface area contributed by atoms with Crippen molar-refractivity contribution in [3.05, 3.63) is 39.7 Å². The van der Waals surface area contributed by atoms with E-state index in [4.69, 9.17) is 10.5 Å². The highest BCUT2D eigenvalue weighted by Gasteiger charge is 2.22. The van der Waals surface area contributed by atoms with Crippen molar-refractivity contribution in [1.82, 2.24) is 19.7 Å². The molecule has 148 valence electrons. The van der Waals surface area contributed by atoms with Gasteiger partial charge in [-0.15, -0.1) is 5.10 Å². The molecule has 0 fully saturated rings. The standard InChI is InChI=1S/C16H17F2N7O3/c1-3-25-6-8(14(27)28-4-2)13(26)7-5-9(17)11(10(18)12(7)25)21-23-16-20-15(19)22-24-16/h5-6,21H,3-4H2,1-2H3,(H4,19,20,22,23,24). The van der Waals surface area contributed by atoms with Gasteiger partial charge in [-0.1, -0.05) is 0 Å². The van der Waals surface area contributed by atoms with Crippen molar-refractivity contribution in [1.29, 1.82) is 0 Å². The Labute approximate surface area is 156 Å². The van der Waals surface area contributed by atoms with Crippen molar-refractivity contribution in [2.75, 3.05) is 23.2 Å². The second-order valence-electron chi connectivity index (χ2n) is 5.62. The number of hydrogen-bond acceptors (Lipinski definition) is 8. The minimum atomic E-state index is -1.05. The van der Waals surface area contributed by atoms with E-state index in [1.54, 1.807) is 13.8 Å². The number of benzene rings is 1. The highest BCUT2D eigenvalue weighted by Crippen LogP contribution is 2.27. The number of aromatic nitrogens is 4. The number of aromatic amines is 1. The molecule has 0 bridgehead atoms. The molecule has 0 unspecified atom stereocenters. The van der Waals surface area contributed by atoms with Crippen molar-refractivity contribution in [2.45, 2.75) is 20.4 Å². The lowest BCUT2D eigenvalue weighted by atomic mass is 10.1. The fourth-order valence-electron chi connectivity index (χ4n) is 2.65. The van der Waals surface area contributed by atoms with Crippen LogP contribution in [-0.2, 0) is 11.3 Å². The molecule has 0 aliphatic carbocycles. The number of rotatable bonds is 6. The summed E-state index contributed by atoms with van der Waals surface area (Å²) in [5.74, 6) is -2.97. The van der Waals surface area contributed by atoms with Gasteiger partial charge in [0.1, 0.15) is 11.3 Å². The zero-order valence-electron chi connectivity index (χ0n) is 15.0. The molecule has 0 saturated carbocycles. The average molecular weight is 393 g/mol. The Hall–Kier alpha value is -3.70. The third-order valence-electron chi connectivity index (χ3n) is 3.89. The van der Waals surface area contributed by atoms with Crippen LogP contribution in [-0.4, -0.2) is 32.3 Å². The summed E-state index contributed by atoms with van der Waals surface area (Å²) >= 11 is 0. The number of anilines is 3.